The molecule has 1 fully saturated rings. The van der Waals surface area contributed by atoms with Crippen molar-refractivity contribution >= 4 is 11.8 Å². The van der Waals surface area contributed by atoms with Crippen LogP contribution in [0.1, 0.15) is 44.2 Å². The van der Waals surface area contributed by atoms with Gasteiger partial charge >= 0.3 is 0 Å². The largest absolute Gasteiger partial charge is 0.389 e. The standard InChI is InChI=1S/C16H25NOS/c1-2-6-15(14-7-4-3-5-8-14)17-13-16(18)9-11-19-12-10-16/h3-5,7-8,15,17-18H,2,6,9-13H2,1H3. The number of rotatable bonds is 6. The Labute approximate surface area is 121 Å². The van der Waals surface area contributed by atoms with Crippen molar-refractivity contribution in [3.63, 3.8) is 0 Å². The minimum absolute atomic E-state index is 0.366. The van der Waals surface area contributed by atoms with Crippen LogP contribution >= 0.6 is 11.8 Å². The van der Waals surface area contributed by atoms with Gasteiger partial charge in [-0.3, -0.25) is 0 Å². The van der Waals surface area contributed by atoms with Crippen molar-refractivity contribution in [1.82, 2.24) is 5.32 Å². The fourth-order valence-corrected chi connectivity index (χ4v) is 3.85. The number of hydrogen-bond donors (Lipinski definition) is 2. The van der Waals surface area contributed by atoms with E-state index in [4.69, 9.17) is 0 Å². The molecule has 1 atom stereocenters. The Hall–Kier alpha value is -0.510. The maximum Gasteiger partial charge on any atom is 0.0787 e. The molecule has 0 aromatic heterocycles. The van der Waals surface area contributed by atoms with Crippen LogP contribution < -0.4 is 5.32 Å². The summed E-state index contributed by atoms with van der Waals surface area (Å²) in [7, 11) is 0. The summed E-state index contributed by atoms with van der Waals surface area (Å²) in [5.74, 6) is 2.17. The Morgan fingerprint density at radius 3 is 2.58 bits per heavy atom. The monoisotopic (exact) mass is 279 g/mol. The van der Waals surface area contributed by atoms with Gasteiger partial charge in [-0.15, -0.1) is 0 Å². The topological polar surface area (TPSA) is 32.3 Å². The van der Waals surface area contributed by atoms with E-state index >= 15 is 0 Å². The van der Waals surface area contributed by atoms with Gasteiger partial charge in [0.25, 0.3) is 0 Å². The van der Waals surface area contributed by atoms with Crippen molar-refractivity contribution in [3.05, 3.63) is 35.9 Å². The first kappa shape index (κ1) is 14.9. The maximum absolute atomic E-state index is 10.6. The zero-order valence-electron chi connectivity index (χ0n) is 11.8. The van der Waals surface area contributed by atoms with Gasteiger partial charge in [-0.05, 0) is 36.3 Å². The molecular formula is C16H25NOS. The molecule has 0 radical (unpaired) electrons. The van der Waals surface area contributed by atoms with Crippen molar-refractivity contribution in [2.24, 2.45) is 0 Å². The first-order chi connectivity index (χ1) is 9.23. The molecule has 1 aromatic carbocycles. The first-order valence-electron chi connectivity index (χ1n) is 7.32. The van der Waals surface area contributed by atoms with E-state index < -0.39 is 5.60 Å². The van der Waals surface area contributed by atoms with E-state index in [2.05, 4.69) is 42.6 Å². The van der Waals surface area contributed by atoms with Crippen LogP contribution in [0.25, 0.3) is 0 Å². The Morgan fingerprint density at radius 1 is 1.26 bits per heavy atom. The summed E-state index contributed by atoms with van der Waals surface area (Å²) < 4.78 is 0. The van der Waals surface area contributed by atoms with Crippen molar-refractivity contribution in [2.45, 2.75) is 44.2 Å². The average Bonchev–Trinajstić information content (AvgIpc) is 2.45. The minimum Gasteiger partial charge on any atom is -0.389 e. The SMILES string of the molecule is CCCC(NCC1(O)CCSCC1)c1ccccc1. The third-order valence-electron chi connectivity index (χ3n) is 3.88. The van der Waals surface area contributed by atoms with Gasteiger partial charge in [-0.2, -0.15) is 11.8 Å². The molecule has 106 valence electrons. The zero-order chi connectivity index (χ0) is 13.6. The third kappa shape index (κ3) is 4.51. The number of thioether (sulfide) groups is 1. The molecule has 19 heavy (non-hydrogen) atoms. The van der Waals surface area contributed by atoms with Gasteiger partial charge in [0, 0.05) is 12.6 Å². The lowest BCUT2D eigenvalue weighted by atomic mass is 9.95. The predicted molar refractivity (Wildman–Crippen MR) is 83.6 cm³/mol. The van der Waals surface area contributed by atoms with Gasteiger partial charge in [0.15, 0.2) is 0 Å². The maximum atomic E-state index is 10.6. The van der Waals surface area contributed by atoms with E-state index in [1.807, 2.05) is 11.8 Å². The highest BCUT2D eigenvalue weighted by atomic mass is 32.2. The summed E-state index contributed by atoms with van der Waals surface area (Å²) in [5.41, 5.74) is 0.838. The summed E-state index contributed by atoms with van der Waals surface area (Å²) in [6.45, 7) is 2.93. The highest BCUT2D eigenvalue weighted by Gasteiger charge is 2.29. The van der Waals surface area contributed by atoms with Crippen LogP contribution in [0.2, 0.25) is 0 Å². The van der Waals surface area contributed by atoms with Crippen molar-refractivity contribution in [1.29, 1.82) is 0 Å². The van der Waals surface area contributed by atoms with Crippen molar-refractivity contribution in [3.8, 4) is 0 Å². The molecule has 0 saturated carbocycles. The molecule has 1 aromatic rings. The summed E-state index contributed by atoms with van der Waals surface area (Å²) in [5, 5.41) is 14.1. The first-order valence-corrected chi connectivity index (χ1v) is 8.47. The Kier molecular flexibility index (Phi) is 5.74. The van der Waals surface area contributed by atoms with E-state index in [9.17, 15) is 5.11 Å². The van der Waals surface area contributed by atoms with Crippen LogP contribution in [-0.4, -0.2) is 28.8 Å². The van der Waals surface area contributed by atoms with Crippen LogP contribution in [-0.2, 0) is 0 Å². The zero-order valence-corrected chi connectivity index (χ0v) is 12.6. The van der Waals surface area contributed by atoms with Crippen LogP contribution in [0.3, 0.4) is 0 Å². The summed E-state index contributed by atoms with van der Waals surface area (Å²) in [6, 6.07) is 10.9. The Balaban J connectivity index is 1.93. The molecule has 1 aliphatic heterocycles. The normalized spacial score (nSPS) is 20.1. The van der Waals surface area contributed by atoms with E-state index in [0.29, 0.717) is 12.6 Å². The van der Waals surface area contributed by atoms with Crippen LogP contribution in [0.15, 0.2) is 30.3 Å². The van der Waals surface area contributed by atoms with E-state index in [1.165, 1.54) is 5.56 Å². The van der Waals surface area contributed by atoms with Crippen molar-refractivity contribution < 1.29 is 5.11 Å². The average molecular weight is 279 g/mol. The second-order valence-electron chi connectivity index (χ2n) is 5.47. The predicted octanol–water partition coefficient (Wildman–Crippen LogP) is 3.38. The molecule has 0 spiro atoms. The fraction of sp³-hybridized carbons (Fsp3) is 0.625. The van der Waals surface area contributed by atoms with Crippen LogP contribution in [0, 0.1) is 0 Å². The molecule has 1 heterocycles. The van der Waals surface area contributed by atoms with Crippen LogP contribution in [0.4, 0.5) is 0 Å². The molecule has 2 N–H and O–H groups in total. The van der Waals surface area contributed by atoms with Crippen molar-refractivity contribution in [2.75, 3.05) is 18.1 Å². The smallest absolute Gasteiger partial charge is 0.0787 e. The van der Waals surface area contributed by atoms with E-state index in [0.717, 1.165) is 37.2 Å². The molecule has 0 bridgehead atoms. The van der Waals surface area contributed by atoms with Gasteiger partial charge in [0.2, 0.25) is 0 Å². The Morgan fingerprint density at radius 2 is 1.95 bits per heavy atom. The molecule has 0 amide bonds. The van der Waals surface area contributed by atoms with Gasteiger partial charge in [-0.1, -0.05) is 43.7 Å². The molecular weight excluding hydrogens is 254 g/mol. The highest BCUT2D eigenvalue weighted by molar-refractivity contribution is 7.99. The third-order valence-corrected chi connectivity index (χ3v) is 4.87. The van der Waals surface area contributed by atoms with E-state index in [1.54, 1.807) is 0 Å². The molecule has 1 saturated heterocycles. The molecule has 0 aliphatic carbocycles. The Bertz CT molecular complexity index is 362. The number of benzene rings is 1. The van der Waals surface area contributed by atoms with Crippen LogP contribution in [0.5, 0.6) is 0 Å². The summed E-state index contributed by atoms with van der Waals surface area (Å²) in [4.78, 5) is 0. The number of nitrogens with one attached hydrogen (secondary N) is 1. The fourth-order valence-electron chi connectivity index (χ4n) is 2.60. The molecule has 2 rings (SSSR count). The van der Waals surface area contributed by atoms with Gasteiger partial charge in [-0.25, -0.2) is 0 Å². The molecule has 1 aliphatic rings. The highest BCUT2D eigenvalue weighted by Crippen LogP contribution is 2.27. The lowest BCUT2D eigenvalue weighted by molar-refractivity contribution is 0.0292. The number of aliphatic hydroxyl groups is 1. The lowest BCUT2D eigenvalue weighted by Gasteiger charge is -2.33. The second kappa shape index (κ2) is 7.32. The van der Waals surface area contributed by atoms with E-state index in [-0.39, 0.29) is 0 Å². The molecule has 1 unspecified atom stereocenters. The summed E-state index contributed by atoms with van der Waals surface area (Å²) in [6.07, 6.45) is 4.10. The second-order valence-corrected chi connectivity index (χ2v) is 6.69. The minimum atomic E-state index is -0.494. The van der Waals surface area contributed by atoms with Gasteiger partial charge in [0.1, 0.15) is 0 Å². The van der Waals surface area contributed by atoms with Gasteiger partial charge in [0.05, 0.1) is 5.60 Å². The quantitative estimate of drug-likeness (QED) is 0.837. The molecule has 2 nitrogen and oxygen atoms in total. The number of hydrogen-bond acceptors (Lipinski definition) is 3. The van der Waals surface area contributed by atoms with Gasteiger partial charge < -0.3 is 10.4 Å². The lowest BCUT2D eigenvalue weighted by Crippen LogP contribution is -2.44. The molecule has 3 heteroatoms. The summed E-state index contributed by atoms with van der Waals surface area (Å²) >= 11 is 1.95.